The molecule has 1 N–H and O–H groups in total. The Hall–Kier alpha value is -1.36. The summed E-state index contributed by atoms with van der Waals surface area (Å²) in [7, 11) is 0. The smallest absolute Gasteiger partial charge is 0.273 e. The highest BCUT2D eigenvalue weighted by atomic mass is 16.5. The topological polar surface area (TPSA) is 58.4 Å². The SMILES string of the molecule is CC1CN(C(C)C)CC1NC(=O)c1cc(C2(C)CC2)on1. The molecule has 2 fully saturated rings. The minimum absolute atomic E-state index is 0.112. The Kier molecular flexibility index (Phi) is 3.56. The Bertz CT molecular complexity index is 533. The van der Waals surface area contributed by atoms with Crippen LogP contribution >= 0.6 is 0 Å². The summed E-state index contributed by atoms with van der Waals surface area (Å²) in [6, 6.07) is 2.52. The Morgan fingerprint density at radius 2 is 2.19 bits per heavy atom. The van der Waals surface area contributed by atoms with Crippen molar-refractivity contribution in [1.29, 1.82) is 0 Å². The molecule has 21 heavy (non-hydrogen) atoms. The molecule has 2 unspecified atom stereocenters. The predicted octanol–water partition coefficient (Wildman–Crippen LogP) is 2.18. The molecule has 5 heteroatoms. The molecule has 2 heterocycles. The molecular weight excluding hydrogens is 266 g/mol. The van der Waals surface area contributed by atoms with E-state index >= 15 is 0 Å². The van der Waals surface area contributed by atoms with E-state index in [2.05, 4.69) is 43.1 Å². The summed E-state index contributed by atoms with van der Waals surface area (Å²) in [5, 5.41) is 7.06. The van der Waals surface area contributed by atoms with E-state index in [9.17, 15) is 4.79 Å². The van der Waals surface area contributed by atoms with Gasteiger partial charge in [-0.1, -0.05) is 19.0 Å². The molecule has 2 aliphatic rings. The van der Waals surface area contributed by atoms with Gasteiger partial charge in [-0.15, -0.1) is 0 Å². The van der Waals surface area contributed by atoms with Gasteiger partial charge in [-0.2, -0.15) is 0 Å². The quantitative estimate of drug-likeness (QED) is 0.924. The lowest BCUT2D eigenvalue weighted by Crippen LogP contribution is -2.40. The molecule has 1 aromatic rings. The zero-order chi connectivity index (χ0) is 15.2. The number of aromatic nitrogens is 1. The lowest BCUT2D eigenvalue weighted by Gasteiger charge is -2.20. The molecule has 1 amide bonds. The fraction of sp³-hybridized carbons (Fsp3) is 0.750. The predicted molar refractivity (Wildman–Crippen MR) is 80.2 cm³/mol. The first kappa shape index (κ1) is 14.6. The van der Waals surface area contributed by atoms with Crippen LogP contribution in [0.5, 0.6) is 0 Å². The molecule has 0 radical (unpaired) electrons. The Morgan fingerprint density at radius 3 is 2.76 bits per heavy atom. The first-order valence-electron chi connectivity index (χ1n) is 7.91. The van der Waals surface area contributed by atoms with Crippen molar-refractivity contribution in [3.63, 3.8) is 0 Å². The molecule has 5 nitrogen and oxygen atoms in total. The standard InChI is InChI=1S/C16H25N3O2/c1-10(2)19-8-11(3)13(9-19)17-15(20)12-7-14(21-18-12)16(4)5-6-16/h7,10-11,13H,5-6,8-9H2,1-4H3,(H,17,20). The van der Waals surface area contributed by atoms with Gasteiger partial charge in [-0.25, -0.2) is 0 Å². The maximum Gasteiger partial charge on any atom is 0.273 e. The zero-order valence-corrected chi connectivity index (χ0v) is 13.3. The number of hydrogen-bond donors (Lipinski definition) is 1. The summed E-state index contributed by atoms with van der Waals surface area (Å²) >= 11 is 0. The summed E-state index contributed by atoms with van der Waals surface area (Å²) in [5.41, 5.74) is 0.522. The lowest BCUT2D eigenvalue weighted by molar-refractivity contribution is 0.0921. The number of amides is 1. The molecule has 0 spiro atoms. The van der Waals surface area contributed by atoms with Crippen LogP contribution in [0.2, 0.25) is 0 Å². The van der Waals surface area contributed by atoms with E-state index in [1.54, 1.807) is 0 Å². The van der Waals surface area contributed by atoms with Crippen LogP contribution in [0.25, 0.3) is 0 Å². The summed E-state index contributed by atoms with van der Waals surface area (Å²) < 4.78 is 5.34. The van der Waals surface area contributed by atoms with Gasteiger partial charge in [0.15, 0.2) is 5.69 Å². The first-order valence-corrected chi connectivity index (χ1v) is 7.91. The van der Waals surface area contributed by atoms with Crippen LogP contribution in [-0.4, -0.2) is 41.1 Å². The Labute approximate surface area is 126 Å². The number of hydrogen-bond acceptors (Lipinski definition) is 4. The van der Waals surface area contributed by atoms with Crippen molar-refractivity contribution in [2.24, 2.45) is 5.92 Å². The Balaban J connectivity index is 1.62. The third-order valence-electron chi connectivity index (χ3n) is 5.03. The molecule has 1 aliphatic carbocycles. The number of nitrogens with one attached hydrogen (secondary N) is 1. The zero-order valence-electron chi connectivity index (χ0n) is 13.3. The minimum Gasteiger partial charge on any atom is -0.360 e. The van der Waals surface area contributed by atoms with E-state index in [0.717, 1.165) is 31.7 Å². The third-order valence-corrected chi connectivity index (χ3v) is 5.03. The average molecular weight is 291 g/mol. The van der Waals surface area contributed by atoms with Gasteiger partial charge < -0.3 is 9.84 Å². The fourth-order valence-electron chi connectivity index (χ4n) is 2.96. The number of likely N-dealkylation sites (tertiary alicyclic amines) is 1. The van der Waals surface area contributed by atoms with Crippen LogP contribution in [0.4, 0.5) is 0 Å². The molecule has 0 aromatic carbocycles. The second-order valence-electron chi connectivity index (χ2n) is 7.24. The van der Waals surface area contributed by atoms with Gasteiger partial charge >= 0.3 is 0 Å². The van der Waals surface area contributed by atoms with Gasteiger partial charge in [-0.05, 0) is 32.6 Å². The van der Waals surface area contributed by atoms with Crippen LogP contribution in [0.3, 0.4) is 0 Å². The second kappa shape index (κ2) is 5.13. The summed E-state index contributed by atoms with van der Waals surface area (Å²) in [6.45, 7) is 10.7. The highest BCUT2D eigenvalue weighted by Crippen LogP contribution is 2.47. The van der Waals surface area contributed by atoms with Crippen molar-refractivity contribution >= 4 is 5.91 Å². The van der Waals surface area contributed by atoms with Crippen molar-refractivity contribution in [3.05, 3.63) is 17.5 Å². The normalized spacial score (nSPS) is 28.0. The lowest BCUT2D eigenvalue weighted by atomic mass is 10.1. The van der Waals surface area contributed by atoms with Crippen LogP contribution in [0.1, 0.15) is 56.8 Å². The van der Waals surface area contributed by atoms with E-state index < -0.39 is 0 Å². The van der Waals surface area contributed by atoms with Crippen molar-refractivity contribution in [1.82, 2.24) is 15.4 Å². The van der Waals surface area contributed by atoms with E-state index in [0.29, 0.717) is 17.7 Å². The molecule has 3 rings (SSSR count). The Morgan fingerprint density at radius 1 is 1.48 bits per heavy atom. The highest BCUT2D eigenvalue weighted by molar-refractivity contribution is 5.92. The van der Waals surface area contributed by atoms with Crippen LogP contribution in [0, 0.1) is 5.92 Å². The van der Waals surface area contributed by atoms with Crippen LogP contribution < -0.4 is 5.32 Å². The molecule has 1 saturated heterocycles. The van der Waals surface area contributed by atoms with Crippen molar-refractivity contribution in [2.45, 2.75) is 58.0 Å². The minimum atomic E-state index is -0.114. The van der Waals surface area contributed by atoms with E-state index in [1.807, 2.05) is 6.07 Å². The number of rotatable bonds is 4. The monoisotopic (exact) mass is 291 g/mol. The van der Waals surface area contributed by atoms with Gasteiger partial charge in [0.2, 0.25) is 0 Å². The van der Waals surface area contributed by atoms with Crippen molar-refractivity contribution in [3.8, 4) is 0 Å². The molecular formula is C16H25N3O2. The molecule has 1 aliphatic heterocycles. The number of carbonyl (C=O) groups excluding carboxylic acids is 1. The van der Waals surface area contributed by atoms with Crippen molar-refractivity contribution in [2.75, 3.05) is 13.1 Å². The van der Waals surface area contributed by atoms with Gasteiger partial charge in [0.1, 0.15) is 5.76 Å². The van der Waals surface area contributed by atoms with Gasteiger partial charge in [0, 0.05) is 36.7 Å². The van der Waals surface area contributed by atoms with Crippen LogP contribution in [-0.2, 0) is 5.41 Å². The van der Waals surface area contributed by atoms with E-state index in [1.165, 1.54) is 0 Å². The summed E-state index contributed by atoms with van der Waals surface area (Å²) in [5.74, 6) is 1.19. The fourth-order valence-corrected chi connectivity index (χ4v) is 2.96. The van der Waals surface area contributed by atoms with Crippen LogP contribution in [0.15, 0.2) is 10.6 Å². The molecule has 1 aromatic heterocycles. The highest BCUT2D eigenvalue weighted by Gasteiger charge is 2.43. The maximum atomic E-state index is 12.3. The molecule has 0 bridgehead atoms. The molecule has 2 atom stereocenters. The van der Waals surface area contributed by atoms with Gasteiger partial charge in [0.25, 0.3) is 5.91 Å². The second-order valence-corrected chi connectivity index (χ2v) is 7.24. The maximum absolute atomic E-state index is 12.3. The first-order chi connectivity index (χ1) is 9.89. The third kappa shape index (κ3) is 2.84. The summed E-state index contributed by atoms with van der Waals surface area (Å²) in [6.07, 6.45) is 2.23. The van der Waals surface area contributed by atoms with E-state index in [4.69, 9.17) is 4.52 Å². The molecule has 1 saturated carbocycles. The average Bonchev–Trinajstić information content (AvgIpc) is 2.89. The van der Waals surface area contributed by atoms with Gasteiger partial charge in [-0.3, -0.25) is 9.69 Å². The van der Waals surface area contributed by atoms with E-state index in [-0.39, 0.29) is 17.4 Å². The number of carbonyl (C=O) groups is 1. The largest absolute Gasteiger partial charge is 0.360 e. The van der Waals surface area contributed by atoms with Crippen molar-refractivity contribution < 1.29 is 9.32 Å². The number of nitrogens with zero attached hydrogens (tertiary/aromatic N) is 2. The molecule has 116 valence electrons. The van der Waals surface area contributed by atoms with Gasteiger partial charge in [0.05, 0.1) is 0 Å². The summed E-state index contributed by atoms with van der Waals surface area (Å²) in [4.78, 5) is 14.7.